The molecule has 0 spiro atoms. The summed E-state index contributed by atoms with van der Waals surface area (Å²) in [6, 6.07) is 9.61. The number of ether oxygens (including phenoxy) is 1. The molecule has 0 aliphatic carbocycles. The first kappa shape index (κ1) is 12.2. The van der Waals surface area contributed by atoms with Crippen LogP contribution in [-0.2, 0) is 11.3 Å². The maximum atomic E-state index is 7.87. The van der Waals surface area contributed by atoms with E-state index in [0.29, 0.717) is 18.4 Å². The van der Waals surface area contributed by atoms with Crippen LogP contribution in [-0.4, -0.2) is 6.61 Å². The summed E-state index contributed by atoms with van der Waals surface area (Å²) >= 11 is 0. The van der Waals surface area contributed by atoms with E-state index >= 15 is 0 Å². The summed E-state index contributed by atoms with van der Waals surface area (Å²) in [7, 11) is 0. The van der Waals surface area contributed by atoms with Crippen LogP contribution in [0.4, 0.5) is 0 Å². The monoisotopic (exact) mass is 231 g/mol. The van der Waals surface area contributed by atoms with Crippen LogP contribution in [0.3, 0.4) is 0 Å². The number of benzene rings is 1. The number of terminal acetylenes is 1. The van der Waals surface area contributed by atoms with Gasteiger partial charge in [-0.2, -0.15) is 0 Å². The quantitative estimate of drug-likeness (QED) is 0.511. The minimum absolute atomic E-state index is 0.314. The maximum absolute atomic E-state index is 7.87. The fourth-order valence-corrected chi connectivity index (χ4v) is 1.68. The Morgan fingerprint density at radius 3 is 2.65 bits per heavy atom. The Labute approximate surface area is 107 Å². The van der Waals surface area contributed by atoms with Crippen molar-refractivity contribution in [2.24, 2.45) is 11.8 Å². The molecule has 92 valence electrons. The largest absolute Gasteiger partial charge is 0.377 e. The van der Waals surface area contributed by atoms with Gasteiger partial charge in [0.1, 0.15) is 0 Å². The highest BCUT2D eigenvalue weighted by Crippen LogP contribution is 2.15. The second kappa shape index (κ2) is 7.92. The Kier molecular flexibility index (Phi) is 5.69. The van der Waals surface area contributed by atoms with Crippen LogP contribution >= 0.6 is 0 Å². The molecular formula is C16H22O. The number of hydrogen-bond donors (Lipinski definition) is 0. The third-order valence-electron chi connectivity index (χ3n) is 2.82. The van der Waals surface area contributed by atoms with Gasteiger partial charge < -0.3 is 4.74 Å². The molecule has 17 heavy (non-hydrogen) atoms. The summed E-state index contributed by atoms with van der Waals surface area (Å²) in [6.07, 6.45) is 7.36. The highest BCUT2D eigenvalue weighted by atomic mass is 16.5. The van der Waals surface area contributed by atoms with Gasteiger partial charge in [-0.15, -0.1) is 12.3 Å². The summed E-state index contributed by atoms with van der Waals surface area (Å²) in [5.41, 5.74) is 0.898. The molecule has 0 saturated carbocycles. The molecule has 0 aromatic heterocycles. The van der Waals surface area contributed by atoms with Crippen molar-refractivity contribution < 1.29 is 6.11 Å². The average molecular weight is 231 g/mol. The summed E-state index contributed by atoms with van der Waals surface area (Å²) < 4.78 is 13.4. The van der Waals surface area contributed by atoms with E-state index in [9.17, 15) is 0 Å². The molecule has 1 rings (SSSR count). The van der Waals surface area contributed by atoms with E-state index in [-0.39, 0.29) is 0 Å². The van der Waals surface area contributed by atoms with E-state index in [4.69, 9.17) is 12.5 Å². The molecular weight excluding hydrogens is 208 g/mol. The Morgan fingerprint density at radius 1 is 1.35 bits per heavy atom. The number of rotatable bonds is 7. The van der Waals surface area contributed by atoms with Gasteiger partial charge in [0, 0.05) is 12.5 Å². The van der Waals surface area contributed by atoms with Gasteiger partial charge in [0.05, 0.1) is 7.95 Å². The molecule has 1 heteroatoms. The van der Waals surface area contributed by atoms with Crippen molar-refractivity contribution in [2.75, 3.05) is 6.61 Å². The normalized spacial score (nSPS) is 15.1. The molecule has 0 N–H and O–H groups in total. The van der Waals surface area contributed by atoms with Gasteiger partial charge in [0.15, 0.2) is 0 Å². The highest BCUT2D eigenvalue weighted by molar-refractivity contribution is 5.13. The van der Waals surface area contributed by atoms with Gasteiger partial charge in [-0.05, 0) is 24.3 Å². The summed E-state index contributed by atoms with van der Waals surface area (Å²) in [5, 5.41) is 0. The second-order valence-electron chi connectivity index (χ2n) is 4.56. The summed E-state index contributed by atoms with van der Waals surface area (Å²) in [5.74, 6) is 3.64. The van der Waals surface area contributed by atoms with Gasteiger partial charge >= 0.3 is 0 Å². The van der Waals surface area contributed by atoms with E-state index in [1.54, 1.807) is 0 Å². The average Bonchev–Trinajstić information content (AvgIpc) is 2.39. The number of hydrogen-bond acceptors (Lipinski definition) is 1. The fourth-order valence-electron chi connectivity index (χ4n) is 1.68. The van der Waals surface area contributed by atoms with Crippen LogP contribution in [0.1, 0.15) is 33.6 Å². The zero-order valence-corrected chi connectivity index (χ0v) is 10.7. The molecule has 2 unspecified atom stereocenters. The van der Waals surface area contributed by atoms with Gasteiger partial charge in [0.2, 0.25) is 0 Å². The maximum Gasteiger partial charge on any atom is 0.0716 e. The second-order valence-corrected chi connectivity index (χ2v) is 4.56. The SMILES string of the molecule is [2H]C(OCCCC(C#C)C(C)C)c1ccccc1. The van der Waals surface area contributed by atoms with Gasteiger partial charge in [-0.25, -0.2) is 0 Å². The molecule has 1 nitrogen and oxygen atoms in total. The van der Waals surface area contributed by atoms with Crippen molar-refractivity contribution in [2.45, 2.75) is 33.3 Å². The van der Waals surface area contributed by atoms with E-state index < -0.39 is 6.58 Å². The molecule has 0 amide bonds. The van der Waals surface area contributed by atoms with Crippen molar-refractivity contribution in [3.8, 4) is 12.3 Å². The third kappa shape index (κ3) is 5.56. The molecule has 1 aromatic carbocycles. The Morgan fingerprint density at radius 2 is 2.06 bits per heavy atom. The lowest BCUT2D eigenvalue weighted by atomic mass is 9.92. The van der Waals surface area contributed by atoms with Gasteiger partial charge in [-0.1, -0.05) is 44.2 Å². The van der Waals surface area contributed by atoms with Crippen LogP contribution in [0.2, 0.25) is 0 Å². The van der Waals surface area contributed by atoms with E-state index in [1.807, 2.05) is 30.3 Å². The summed E-state index contributed by atoms with van der Waals surface area (Å²) in [4.78, 5) is 0. The Bertz CT molecular complexity index is 366. The first-order chi connectivity index (χ1) is 8.65. The van der Waals surface area contributed by atoms with Crippen molar-refractivity contribution in [1.82, 2.24) is 0 Å². The molecule has 2 atom stereocenters. The van der Waals surface area contributed by atoms with Crippen LogP contribution in [0, 0.1) is 24.2 Å². The highest BCUT2D eigenvalue weighted by Gasteiger charge is 2.08. The molecule has 0 aliphatic heterocycles. The molecule has 0 fully saturated rings. The minimum atomic E-state index is -0.588. The lowest BCUT2D eigenvalue weighted by Gasteiger charge is -2.14. The van der Waals surface area contributed by atoms with Gasteiger partial charge in [0.25, 0.3) is 0 Å². The van der Waals surface area contributed by atoms with Crippen LogP contribution < -0.4 is 0 Å². The zero-order valence-electron chi connectivity index (χ0n) is 11.7. The van der Waals surface area contributed by atoms with E-state index in [0.717, 1.165) is 18.4 Å². The van der Waals surface area contributed by atoms with Crippen LogP contribution in [0.15, 0.2) is 30.3 Å². The molecule has 0 radical (unpaired) electrons. The van der Waals surface area contributed by atoms with E-state index in [1.165, 1.54) is 0 Å². The third-order valence-corrected chi connectivity index (χ3v) is 2.82. The van der Waals surface area contributed by atoms with Crippen molar-refractivity contribution >= 4 is 0 Å². The van der Waals surface area contributed by atoms with Crippen molar-refractivity contribution in [3.05, 3.63) is 35.9 Å². The first-order valence-corrected chi connectivity index (χ1v) is 6.20. The topological polar surface area (TPSA) is 9.23 Å². The summed E-state index contributed by atoms with van der Waals surface area (Å²) in [6.45, 7) is 4.29. The minimum Gasteiger partial charge on any atom is -0.377 e. The van der Waals surface area contributed by atoms with Crippen LogP contribution in [0.5, 0.6) is 0 Å². The van der Waals surface area contributed by atoms with Crippen LogP contribution in [0.25, 0.3) is 0 Å². The Hall–Kier alpha value is -1.26. The predicted octanol–water partition coefficient (Wildman–Crippen LogP) is 3.89. The van der Waals surface area contributed by atoms with E-state index in [2.05, 4.69) is 19.8 Å². The molecule has 0 saturated heterocycles. The standard InChI is InChI=1S/C16H22O/c1-4-16(14(2)3)11-8-12-17-13-15-9-6-5-7-10-15/h1,5-7,9-10,14,16H,8,11-13H2,2-3H3/i13D. The lowest BCUT2D eigenvalue weighted by Crippen LogP contribution is -2.07. The Balaban J connectivity index is 2.24. The molecule has 0 aliphatic rings. The molecule has 0 heterocycles. The van der Waals surface area contributed by atoms with Crippen molar-refractivity contribution in [1.29, 1.82) is 0 Å². The predicted molar refractivity (Wildman–Crippen MR) is 72.5 cm³/mol. The smallest absolute Gasteiger partial charge is 0.0716 e. The molecule has 1 aromatic rings. The lowest BCUT2D eigenvalue weighted by molar-refractivity contribution is 0.114. The fraction of sp³-hybridized carbons (Fsp3) is 0.500. The van der Waals surface area contributed by atoms with Gasteiger partial charge in [-0.3, -0.25) is 0 Å². The van der Waals surface area contributed by atoms with Crippen molar-refractivity contribution in [3.63, 3.8) is 0 Å². The first-order valence-electron chi connectivity index (χ1n) is 6.77. The molecule has 0 bridgehead atoms. The zero-order chi connectivity index (χ0) is 13.4.